The highest BCUT2D eigenvalue weighted by atomic mass is 32.2. The predicted octanol–water partition coefficient (Wildman–Crippen LogP) is 1.31. The molecule has 0 radical (unpaired) electrons. The van der Waals surface area contributed by atoms with Crippen LogP contribution in [0.1, 0.15) is 32.6 Å². The van der Waals surface area contributed by atoms with Gasteiger partial charge >= 0.3 is 5.97 Å². The van der Waals surface area contributed by atoms with Crippen molar-refractivity contribution in [1.82, 2.24) is 29.5 Å². The van der Waals surface area contributed by atoms with Crippen LogP contribution in [0.4, 0.5) is 0 Å². The van der Waals surface area contributed by atoms with E-state index in [1.807, 2.05) is 11.5 Å². The van der Waals surface area contributed by atoms with Crippen molar-refractivity contribution in [3.63, 3.8) is 0 Å². The van der Waals surface area contributed by atoms with Gasteiger partial charge in [0.05, 0.1) is 5.75 Å². The van der Waals surface area contributed by atoms with Crippen LogP contribution in [0.2, 0.25) is 0 Å². The van der Waals surface area contributed by atoms with E-state index in [0.29, 0.717) is 11.1 Å². The zero-order valence-corrected chi connectivity index (χ0v) is 13.0. The van der Waals surface area contributed by atoms with Crippen LogP contribution in [0.3, 0.4) is 0 Å². The van der Waals surface area contributed by atoms with Gasteiger partial charge in [0, 0.05) is 6.54 Å². The van der Waals surface area contributed by atoms with Gasteiger partial charge in [-0.25, -0.2) is 9.67 Å². The first-order chi connectivity index (χ1) is 9.99. The molecule has 1 atom stereocenters. The third-order valence-electron chi connectivity index (χ3n) is 2.83. The minimum Gasteiger partial charge on any atom is -0.481 e. The van der Waals surface area contributed by atoms with Crippen molar-refractivity contribution in [2.24, 2.45) is 5.92 Å². The Bertz CT molecular complexity index is 595. The maximum atomic E-state index is 10.7. The van der Waals surface area contributed by atoms with Crippen LogP contribution in [-0.2, 0) is 11.3 Å². The van der Waals surface area contributed by atoms with E-state index in [4.69, 9.17) is 5.11 Å². The predicted molar refractivity (Wildman–Crippen MR) is 77.1 cm³/mol. The lowest BCUT2D eigenvalue weighted by Gasteiger charge is -2.16. The van der Waals surface area contributed by atoms with Crippen molar-refractivity contribution in [2.75, 3.05) is 5.75 Å². The second-order valence-corrected chi connectivity index (χ2v) is 6.02. The second kappa shape index (κ2) is 6.70. The molecule has 0 saturated carbocycles. The molecule has 8 nitrogen and oxygen atoms in total. The van der Waals surface area contributed by atoms with Crippen molar-refractivity contribution in [3.05, 3.63) is 18.5 Å². The number of aliphatic carboxylic acids is 1. The molecule has 2 aromatic rings. The molecule has 0 aliphatic heterocycles. The first-order valence-corrected chi connectivity index (χ1v) is 7.59. The van der Waals surface area contributed by atoms with E-state index < -0.39 is 5.97 Å². The summed E-state index contributed by atoms with van der Waals surface area (Å²) in [6.45, 7) is 6.87. The van der Waals surface area contributed by atoms with Crippen LogP contribution in [-0.4, -0.2) is 46.4 Å². The Morgan fingerprint density at radius 1 is 1.38 bits per heavy atom. The van der Waals surface area contributed by atoms with Crippen LogP contribution in [0.5, 0.6) is 0 Å². The Morgan fingerprint density at radius 2 is 2.14 bits per heavy atom. The minimum atomic E-state index is -0.870. The summed E-state index contributed by atoms with van der Waals surface area (Å²) in [6.07, 6.45) is 3.10. The molecule has 0 aliphatic carbocycles. The van der Waals surface area contributed by atoms with Gasteiger partial charge in [0.2, 0.25) is 0 Å². The summed E-state index contributed by atoms with van der Waals surface area (Å²) in [4.78, 5) is 14.7. The first kappa shape index (κ1) is 15.5. The molecule has 0 fully saturated rings. The SMILES string of the molecule is CC(C)Cn1c(SCC(=O)O)nnc1C(C)n1cncn1. The number of nitrogens with zero attached hydrogens (tertiary/aromatic N) is 6. The molecule has 2 aromatic heterocycles. The summed E-state index contributed by atoms with van der Waals surface area (Å²) in [5.74, 6) is 0.243. The maximum Gasteiger partial charge on any atom is 0.313 e. The van der Waals surface area contributed by atoms with E-state index in [0.717, 1.165) is 12.4 Å². The third kappa shape index (κ3) is 3.81. The van der Waals surface area contributed by atoms with Crippen LogP contribution in [0.25, 0.3) is 0 Å². The average Bonchev–Trinajstić information content (AvgIpc) is 3.04. The molecule has 21 heavy (non-hydrogen) atoms. The fraction of sp³-hybridized carbons (Fsp3) is 0.583. The summed E-state index contributed by atoms with van der Waals surface area (Å²) in [6, 6.07) is -0.113. The fourth-order valence-electron chi connectivity index (χ4n) is 1.91. The Labute approximate surface area is 126 Å². The van der Waals surface area contributed by atoms with Gasteiger partial charge in [-0.05, 0) is 12.8 Å². The van der Waals surface area contributed by atoms with Gasteiger partial charge in [0.25, 0.3) is 0 Å². The van der Waals surface area contributed by atoms with E-state index in [-0.39, 0.29) is 11.8 Å². The van der Waals surface area contributed by atoms with E-state index in [1.54, 1.807) is 11.0 Å². The van der Waals surface area contributed by atoms with E-state index in [2.05, 4.69) is 34.1 Å². The van der Waals surface area contributed by atoms with E-state index in [1.165, 1.54) is 18.1 Å². The molecule has 2 rings (SSSR count). The van der Waals surface area contributed by atoms with Crippen molar-refractivity contribution >= 4 is 17.7 Å². The molecule has 1 N–H and O–H groups in total. The largest absolute Gasteiger partial charge is 0.481 e. The van der Waals surface area contributed by atoms with Crippen LogP contribution in [0, 0.1) is 5.92 Å². The zero-order chi connectivity index (χ0) is 15.4. The lowest BCUT2D eigenvalue weighted by atomic mass is 10.2. The normalized spacial score (nSPS) is 12.8. The van der Waals surface area contributed by atoms with E-state index >= 15 is 0 Å². The molecule has 0 aliphatic rings. The lowest BCUT2D eigenvalue weighted by Crippen LogP contribution is -2.17. The lowest BCUT2D eigenvalue weighted by molar-refractivity contribution is -0.133. The molecule has 0 saturated heterocycles. The molecular weight excluding hydrogens is 292 g/mol. The Morgan fingerprint density at radius 3 is 2.71 bits per heavy atom. The fourth-order valence-corrected chi connectivity index (χ4v) is 2.59. The third-order valence-corrected chi connectivity index (χ3v) is 3.78. The Kier molecular flexibility index (Phi) is 4.94. The Balaban J connectivity index is 2.29. The van der Waals surface area contributed by atoms with Gasteiger partial charge < -0.3 is 9.67 Å². The van der Waals surface area contributed by atoms with Gasteiger partial charge in [-0.15, -0.1) is 10.2 Å². The Hall–Kier alpha value is -1.90. The number of rotatable bonds is 7. The first-order valence-electron chi connectivity index (χ1n) is 6.60. The number of carboxylic acids is 1. The van der Waals surface area contributed by atoms with Crippen molar-refractivity contribution in [3.8, 4) is 0 Å². The van der Waals surface area contributed by atoms with Crippen molar-refractivity contribution < 1.29 is 9.90 Å². The van der Waals surface area contributed by atoms with Crippen molar-refractivity contribution in [1.29, 1.82) is 0 Å². The summed E-state index contributed by atoms with van der Waals surface area (Å²) in [5, 5.41) is 21.9. The number of carbonyl (C=O) groups is 1. The quantitative estimate of drug-likeness (QED) is 0.770. The molecular formula is C12H18N6O2S. The molecule has 0 aromatic carbocycles. The van der Waals surface area contributed by atoms with Gasteiger partial charge in [0.1, 0.15) is 18.7 Å². The summed E-state index contributed by atoms with van der Waals surface area (Å²) in [5.41, 5.74) is 0. The van der Waals surface area contributed by atoms with Gasteiger partial charge in [-0.2, -0.15) is 5.10 Å². The molecule has 0 spiro atoms. The molecule has 1 unspecified atom stereocenters. The number of hydrogen-bond donors (Lipinski definition) is 1. The van der Waals surface area contributed by atoms with E-state index in [9.17, 15) is 4.79 Å². The highest BCUT2D eigenvalue weighted by Gasteiger charge is 2.21. The second-order valence-electron chi connectivity index (χ2n) is 5.08. The highest BCUT2D eigenvalue weighted by Crippen LogP contribution is 2.23. The molecule has 0 amide bonds. The molecule has 2 heterocycles. The number of aromatic nitrogens is 6. The minimum absolute atomic E-state index is 0.0338. The van der Waals surface area contributed by atoms with Crippen molar-refractivity contribution in [2.45, 2.75) is 38.5 Å². The number of thioether (sulfide) groups is 1. The van der Waals surface area contributed by atoms with Gasteiger partial charge in [-0.3, -0.25) is 4.79 Å². The summed E-state index contributed by atoms with van der Waals surface area (Å²) < 4.78 is 3.66. The molecule has 0 bridgehead atoms. The standard InChI is InChI=1S/C12H18N6O2S/c1-8(2)4-17-11(9(3)18-7-13-6-14-18)15-16-12(17)21-5-10(19)20/h6-9H,4-5H2,1-3H3,(H,19,20). The van der Waals surface area contributed by atoms with Gasteiger partial charge in [-0.1, -0.05) is 25.6 Å². The van der Waals surface area contributed by atoms with Crippen LogP contribution in [0.15, 0.2) is 17.8 Å². The maximum absolute atomic E-state index is 10.7. The molecule has 9 heteroatoms. The summed E-state index contributed by atoms with van der Waals surface area (Å²) in [7, 11) is 0. The highest BCUT2D eigenvalue weighted by molar-refractivity contribution is 7.99. The summed E-state index contributed by atoms with van der Waals surface area (Å²) >= 11 is 1.18. The zero-order valence-electron chi connectivity index (χ0n) is 12.2. The monoisotopic (exact) mass is 310 g/mol. The average molecular weight is 310 g/mol. The number of carboxylic acid groups (broad SMARTS) is 1. The van der Waals surface area contributed by atoms with Crippen LogP contribution >= 0.6 is 11.8 Å². The topological polar surface area (TPSA) is 98.7 Å². The number of hydrogen-bond acceptors (Lipinski definition) is 6. The smallest absolute Gasteiger partial charge is 0.313 e. The molecule has 114 valence electrons. The van der Waals surface area contributed by atoms with Gasteiger partial charge in [0.15, 0.2) is 11.0 Å². The van der Waals surface area contributed by atoms with Crippen LogP contribution < -0.4 is 0 Å².